The van der Waals surface area contributed by atoms with Crippen molar-refractivity contribution in [2.45, 2.75) is 46.6 Å². The van der Waals surface area contributed by atoms with Crippen LogP contribution in [0.2, 0.25) is 0 Å². The number of esters is 1. The number of fused-ring (bicyclic) bond motifs is 1. The van der Waals surface area contributed by atoms with E-state index in [1.807, 2.05) is 32.0 Å². The Bertz CT molecular complexity index is 1080. The molecule has 152 valence electrons. The predicted octanol–water partition coefficient (Wildman–Crippen LogP) is 5.38. The third kappa shape index (κ3) is 4.50. The highest BCUT2D eigenvalue weighted by atomic mass is 16.5. The molecular formula is C24H26O5. The van der Waals surface area contributed by atoms with Gasteiger partial charge in [0, 0.05) is 6.07 Å². The minimum Gasteiger partial charge on any atom is -0.490 e. The topological polar surface area (TPSA) is 65.7 Å². The summed E-state index contributed by atoms with van der Waals surface area (Å²) >= 11 is 0. The number of para-hydroxylation sites is 1. The minimum atomic E-state index is -0.460. The van der Waals surface area contributed by atoms with Gasteiger partial charge in [-0.15, -0.1) is 0 Å². The van der Waals surface area contributed by atoms with E-state index in [4.69, 9.17) is 13.9 Å². The summed E-state index contributed by atoms with van der Waals surface area (Å²) in [6, 6.07) is 12.1. The van der Waals surface area contributed by atoms with E-state index in [1.165, 1.54) is 12.1 Å². The summed E-state index contributed by atoms with van der Waals surface area (Å²) < 4.78 is 17.1. The van der Waals surface area contributed by atoms with E-state index in [1.54, 1.807) is 19.1 Å². The van der Waals surface area contributed by atoms with Gasteiger partial charge in [0.2, 0.25) is 0 Å². The third-order valence-corrected chi connectivity index (χ3v) is 4.47. The van der Waals surface area contributed by atoms with Gasteiger partial charge in [-0.25, -0.2) is 4.79 Å². The van der Waals surface area contributed by atoms with Crippen molar-refractivity contribution in [1.82, 2.24) is 0 Å². The molecule has 0 amide bonds. The normalized spacial score (nSPS) is 11.1. The second-order valence-electron chi connectivity index (χ2n) is 7.12. The Morgan fingerprint density at radius 3 is 2.59 bits per heavy atom. The lowest BCUT2D eigenvalue weighted by atomic mass is 10.0. The number of rotatable bonds is 7. The third-order valence-electron chi connectivity index (χ3n) is 4.47. The molecule has 0 aliphatic heterocycles. The van der Waals surface area contributed by atoms with Gasteiger partial charge < -0.3 is 13.9 Å². The van der Waals surface area contributed by atoms with E-state index in [2.05, 4.69) is 6.92 Å². The first-order valence-corrected chi connectivity index (χ1v) is 9.98. The summed E-state index contributed by atoms with van der Waals surface area (Å²) in [5.74, 6) is 0.729. The van der Waals surface area contributed by atoms with Crippen molar-refractivity contribution < 1.29 is 18.7 Å². The Balaban J connectivity index is 2.13. The summed E-state index contributed by atoms with van der Waals surface area (Å²) in [6.45, 7) is 8.07. The van der Waals surface area contributed by atoms with Crippen LogP contribution in [0.25, 0.3) is 22.3 Å². The van der Waals surface area contributed by atoms with Gasteiger partial charge in [-0.2, -0.15) is 0 Å². The summed E-state index contributed by atoms with van der Waals surface area (Å²) in [5.41, 5.74) is 2.35. The Kier molecular flexibility index (Phi) is 6.37. The smallest absolute Gasteiger partial charge is 0.338 e. The van der Waals surface area contributed by atoms with Gasteiger partial charge in [-0.1, -0.05) is 25.5 Å². The first-order valence-electron chi connectivity index (χ1n) is 9.98. The number of hydrogen-bond donors (Lipinski definition) is 0. The molecule has 1 heterocycles. The highest BCUT2D eigenvalue weighted by Crippen LogP contribution is 2.35. The lowest BCUT2D eigenvalue weighted by Crippen LogP contribution is -2.10. The van der Waals surface area contributed by atoms with E-state index < -0.39 is 5.97 Å². The Morgan fingerprint density at radius 2 is 1.90 bits per heavy atom. The maximum absolute atomic E-state index is 12.8. The van der Waals surface area contributed by atoms with Crippen molar-refractivity contribution in [3.05, 3.63) is 63.8 Å². The molecule has 0 bridgehead atoms. The van der Waals surface area contributed by atoms with E-state index in [0.717, 1.165) is 29.7 Å². The van der Waals surface area contributed by atoms with Crippen molar-refractivity contribution in [2.75, 3.05) is 6.61 Å². The van der Waals surface area contributed by atoms with Crippen LogP contribution >= 0.6 is 0 Å². The van der Waals surface area contributed by atoms with Crippen LogP contribution in [0.5, 0.6) is 5.75 Å². The zero-order valence-electron chi connectivity index (χ0n) is 17.3. The first-order chi connectivity index (χ1) is 13.9. The SMILES string of the molecule is CCCc1cccc(-c2cc(=O)c3cc(C(=O)OCC)ccc3o2)c1OC(C)C. The molecule has 0 fully saturated rings. The van der Waals surface area contributed by atoms with Gasteiger partial charge in [-0.3, -0.25) is 4.79 Å². The van der Waals surface area contributed by atoms with E-state index in [-0.39, 0.29) is 18.1 Å². The van der Waals surface area contributed by atoms with Crippen LogP contribution in [0.15, 0.2) is 51.7 Å². The van der Waals surface area contributed by atoms with Crippen molar-refractivity contribution in [2.24, 2.45) is 0 Å². The zero-order chi connectivity index (χ0) is 21.0. The van der Waals surface area contributed by atoms with Gasteiger partial charge in [0.25, 0.3) is 0 Å². The largest absolute Gasteiger partial charge is 0.490 e. The lowest BCUT2D eigenvalue weighted by molar-refractivity contribution is 0.0526. The highest BCUT2D eigenvalue weighted by Gasteiger charge is 2.17. The van der Waals surface area contributed by atoms with Crippen LogP contribution in [0.4, 0.5) is 0 Å². The second kappa shape index (κ2) is 8.95. The van der Waals surface area contributed by atoms with Crippen LogP contribution < -0.4 is 10.2 Å². The summed E-state index contributed by atoms with van der Waals surface area (Å²) in [5, 5.41) is 0.343. The van der Waals surface area contributed by atoms with Crippen molar-refractivity contribution in [3.8, 4) is 17.1 Å². The monoisotopic (exact) mass is 394 g/mol. The molecule has 5 heteroatoms. The number of benzene rings is 2. The quantitative estimate of drug-likeness (QED) is 0.504. The molecule has 0 spiro atoms. The number of hydrogen-bond acceptors (Lipinski definition) is 5. The van der Waals surface area contributed by atoms with Crippen LogP contribution in [0.3, 0.4) is 0 Å². The molecule has 3 aromatic rings. The van der Waals surface area contributed by atoms with Gasteiger partial charge in [0.05, 0.1) is 29.2 Å². The molecule has 0 saturated heterocycles. The maximum Gasteiger partial charge on any atom is 0.338 e. The van der Waals surface area contributed by atoms with Gasteiger partial charge >= 0.3 is 5.97 Å². The fourth-order valence-corrected chi connectivity index (χ4v) is 3.25. The molecule has 5 nitrogen and oxygen atoms in total. The molecule has 0 N–H and O–H groups in total. The molecule has 0 atom stereocenters. The maximum atomic E-state index is 12.8. The molecule has 0 saturated carbocycles. The summed E-state index contributed by atoms with van der Waals surface area (Å²) in [4.78, 5) is 24.8. The molecule has 0 radical (unpaired) electrons. The van der Waals surface area contributed by atoms with Crippen molar-refractivity contribution in [1.29, 1.82) is 0 Å². The number of ether oxygens (including phenoxy) is 2. The number of carbonyl (C=O) groups is 1. The lowest BCUT2D eigenvalue weighted by Gasteiger charge is -2.18. The average molecular weight is 394 g/mol. The molecule has 0 unspecified atom stereocenters. The molecule has 0 aliphatic carbocycles. The van der Waals surface area contributed by atoms with E-state index in [9.17, 15) is 9.59 Å². The fraction of sp³-hybridized carbons (Fsp3) is 0.333. The zero-order valence-corrected chi connectivity index (χ0v) is 17.3. The molecule has 3 rings (SSSR count). The Hall–Kier alpha value is -3.08. The van der Waals surface area contributed by atoms with Crippen LogP contribution in [-0.4, -0.2) is 18.7 Å². The predicted molar refractivity (Wildman–Crippen MR) is 114 cm³/mol. The standard InChI is InChI=1S/C24H26O5/c1-5-8-16-9-7-10-18(23(16)28-15(3)4)22-14-20(25)19-13-17(24(26)27-6-2)11-12-21(19)29-22/h7,9-15H,5-6,8H2,1-4H3. The average Bonchev–Trinajstić information content (AvgIpc) is 2.69. The highest BCUT2D eigenvalue weighted by molar-refractivity contribution is 5.94. The van der Waals surface area contributed by atoms with Gasteiger partial charge in [0.15, 0.2) is 5.43 Å². The van der Waals surface area contributed by atoms with Crippen molar-refractivity contribution in [3.63, 3.8) is 0 Å². The summed E-state index contributed by atoms with van der Waals surface area (Å²) in [7, 11) is 0. The molecule has 2 aromatic carbocycles. The second-order valence-corrected chi connectivity index (χ2v) is 7.12. The number of carbonyl (C=O) groups excluding carboxylic acids is 1. The van der Waals surface area contributed by atoms with Crippen molar-refractivity contribution >= 4 is 16.9 Å². The number of aryl methyl sites for hydroxylation is 1. The molecule has 0 aliphatic rings. The molecule has 1 aromatic heterocycles. The minimum absolute atomic E-state index is 0.00827. The molecule has 29 heavy (non-hydrogen) atoms. The fourth-order valence-electron chi connectivity index (χ4n) is 3.25. The summed E-state index contributed by atoms with van der Waals surface area (Å²) in [6.07, 6.45) is 1.85. The Labute approximate surface area is 170 Å². The van der Waals surface area contributed by atoms with Crippen LogP contribution in [-0.2, 0) is 11.2 Å². The Morgan fingerprint density at radius 1 is 1.10 bits per heavy atom. The van der Waals surface area contributed by atoms with Crippen LogP contribution in [0, 0.1) is 0 Å². The van der Waals surface area contributed by atoms with E-state index in [0.29, 0.717) is 22.3 Å². The van der Waals surface area contributed by atoms with Gasteiger partial charge in [0.1, 0.15) is 17.1 Å². The first kappa shape index (κ1) is 20.6. The molecular weight excluding hydrogens is 368 g/mol. The van der Waals surface area contributed by atoms with Gasteiger partial charge in [-0.05, 0) is 57.0 Å². The van der Waals surface area contributed by atoms with E-state index >= 15 is 0 Å². The van der Waals surface area contributed by atoms with Crippen LogP contribution in [0.1, 0.15) is 50.0 Å².